The lowest BCUT2D eigenvalue weighted by Gasteiger charge is -2.20. The van der Waals surface area contributed by atoms with Crippen LogP contribution in [0.3, 0.4) is 0 Å². The first-order chi connectivity index (χ1) is 17.5. The molecule has 2 atom stereocenters. The number of anilines is 1. The van der Waals surface area contributed by atoms with Crippen LogP contribution < -0.4 is 23.8 Å². The van der Waals surface area contributed by atoms with Crippen LogP contribution in [0.25, 0.3) is 11.4 Å². The highest BCUT2D eigenvalue weighted by Crippen LogP contribution is 2.37. The molecule has 0 bridgehead atoms. The summed E-state index contributed by atoms with van der Waals surface area (Å²) in [5.74, 6) is 1.51. The SMILES string of the molecule is COc1ccc(-c2noc(CN3N=N[C@H]4C(=O)N(c5ccc(OC)c(OC)c5)C(=O)[C@H]43)n2)cc1OC. The van der Waals surface area contributed by atoms with Gasteiger partial charge in [0.05, 0.1) is 34.1 Å². The molecule has 1 saturated heterocycles. The number of imide groups is 1. The molecule has 2 aliphatic rings. The molecule has 2 aliphatic heterocycles. The van der Waals surface area contributed by atoms with Crippen LogP contribution in [0.1, 0.15) is 5.89 Å². The van der Waals surface area contributed by atoms with Gasteiger partial charge in [-0.15, -0.1) is 0 Å². The molecule has 0 spiro atoms. The first kappa shape index (κ1) is 23.1. The molecular weight excluding hydrogens is 472 g/mol. The molecule has 186 valence electrons. The van der Waals surface area contributed by atoms with E-state index in [1.54, 1.807) is 43.5 Å². The van der Waals surface area contributed by atoms with Gasteiger partial charge in [0.25, 0.3) is 11.8 Å². The first-order valence-electron chi connectivity index (χ1n) is 10.8. The van der Waals surface area contributed by atoms with Crippen molar-refractivity contribution in [2.45, 2.75) is 18.6 Å². The normalized spacial score (nSPS) is 18.6. The zero-order valence-electron chi connectivity index (χ0n) is 19.9. The maximum absolute atomic E-state index is 13.3. The number of benzene rings is 2. The number of rotatable bonds is 8. The van der Waals surface area contributed by atoms with E-state index in [-0.39, 0.29) is 12.4 Å². The topological polar surface area (TPSA) is 141 Å². The smallest absolute Gasteiger partial charge is 0.263 e. The van der Waals surface area contributed by atoms with E-state index in [9.17, 15) is 9.59 Å². The molecule has 13 heteroatoms. The fourth-order valence-corrected chi connectivity index (χ4v) is 4.12. The van der Waals surface area contributed by atoms with Crippen molar-refractivity contribution in [3.63, 3.8) is 0 Å². The summed E-state index contributed by atoms with van der Waals surface area (Å²) in [4.78, 5) is 31.8. The predicted molar refractivity (Wildman–Crippen MR) is 123 cm³/mol. The molecule has 5 rings (SSSR count). The molecule has 3 aromatic rings. The summed E-state index contributed by atoms with van der Waals surface area (Å²) < 4.78 is 26.5. The van der Waals surface area contributed by atoms with E-state index < -0.39 is 23.9 Å². The lowest BCUT2D eigenvalue weighted by molar-refractivity contribution is -0.123. The fraction of sp³-hybridized carbons (Fsp3) is 0.304. The van der Waals surface area contributed by atoms with Gasteiger partial charge in [0, 0.05) is 11.6 Å². The zero-order chi connectivity index (χ0) is 25.4. The second-order valence-corrected chi connectivity index (χ2v) is 7.82. The minimum atomic E-state index is -0.973. The van der Waals surface area contributed by atoms with Crippen LogP contribution in [0.2, 0.25) is 0 Å². The quantitative estimate of drug-likeness (QED) is 0.428. The highest BCUT2D eigenvalue weighted by atomic mass is 16.5. The Labute approximate surface area is 205 Å². The molecule has 0 radical (unpaired) electrons. The van der Waals surface area contributed by atoms with Crippen LogP contribution in [-0.2, 0) is 16.1 Å². The van der Waals surface area contributed by atoms with Crippen LogP contribution in [0.15, 0.2) is 51.3 Å². The minimum Gasteiger partial charge on any atom is -0.493 e. The van der Waals surface area contributed by atoms with E-state index in [1.165, 1.54) is 26.3 Å². The maximum Gasteiger partial charge on any atom is 0.263 e. The molecule has 36 heavy (non-hydrogen) atoms. The number of carbonyl (C=O) groups excluding carboxylic acids is 2. The fourth-order valence-electron chi connectivity index (χ4n) is 4.12. The number of methoxy groups -OCH3 is 4. The summed E-state index contributed by atoms with van der Waals surface area (Å²) in [6.45, 7) is -0.0102. The van der Waals surface area contributed by atoms with Crippen molar-refractivity contribution >= 4 is 17.5 Å². The maximum atomic E-state index is 13.3. The summed E-state index contributed by atoms with van der Waals surface area (Å²) in [6.07, 6.45) is 0. The number of fused-ring (bicyclic) bond motifs is 1. The Balaban J connectivity index is 1.35. The van der Waals surface area contributed by atoms with Gasteiger partial charge < -0.3 is 23.5 Å². The third-order valence-electron chi connectivity index (χ3n) is 5.89. The lowest BCUT2D eigenvalue weighted by Crippen LogP contribution is -2.39. The van der Waals surface area contributed by atoms with Crippen molar-refractivity contribution in [3.8, 4) is 34.4 Å². The van der Waals surface area contributed by atoms with Gasteiger partial charge in [-0.3, -0.25) is 14.6 Å². The van der Waals surface area contributed by atoms with E-state index in [0.717, 1.165) is 4.90 Å². The molecule has 13 nitrogen and oxygen atoms in total. The van der Waals surface area contributed by atoms with Crippen molar-refractivity contribution in [3.05, 3.63) is 42.3 Å². The Morgan fingerprint density at radius 3 is 2.22 bits per heavy atom. The number of nitrogens with zero attached hydrogens (tertiary/aromatic N) is 6. The van der Waals surface area contributed by atoms with Crippen molar-refractivity contribution in [1.82, 2.24) is 15.1 Å². The van der Waals surface area contributed by atoms with Crippen LogP contribution in [0, 0.1) is 0 Å². The Hall–Kier alpha value is -4.68. The Bertz CT molecular complexity index is 1360. The van der Waals surface area contributed by atoms with E-state index in [1.807, 2.05) is 0 Å². The molecule has 3 heterocycles. The van der Waals surface area contributed by atoms with E-state index in [2.05, 4.69) is 20.5 Å². The molecule has 0 saturated carbocycles. The number of carbonyl (C=O) groups is 2. The van der Waals surface area contributed by atoms with Crippen molar-refractivity contribution in [1.29, 1.82) is 0 Å². The summed E-state index contributed by atoms with van der Waals surface area (Å²) >= 11 is 0. The van der Waals surface area contributed by atoms with Crippen molar-refractivity contribution in [2.75, 3.05) is 33.3 Å². The summed E-state index contributed by atoms with van der Waals surface area (Å²) in [6, 6.07) is 8.10. The Morgan fingerprint density at radius 2 is 1.53 bits per heavy atom. The molecule has 0 aliphatic carbocycles. The third kappa shape index (κ3) is 3.74. The molecule has 1 fully saturated rings. The second kappa shape index (κ2) is 9.17. The van der Waals surface area contributed by atoms with E-state index in [0.29, 0.717) is 40.1 Å². The summed E-state index contributed by atoms with van der Waals surface area (Å²) in [5, 5.41) is 13.4. The average Bonchev–Trinajstić information content (AvgIpc) is 3.61. The third-order valence-corrected chi connectivity index (χ3v) is 5.89. The van der Waals surface area contributed by atoms with Crippen LogP contribution in [0.4, 0.5) is 5.69 Å². The van der Waals surface area contributed by atoms with Gasteiger partial charge in [0.15, 0.2) is 35.1 Å². The van der Waals surface area contributed by atoms with E-state index in [4.69, 9.17) is 23.5 Å². The van der Waals surface area contributed by atoms with Gasteiger partial charge in [0.1, 0.15) is 6.54 Å². The van der Waals surface area contributed by atoms with Gasteiger partial charge in [-0.25, -0.2) is 4.90 Å². The van der Waals surface area contributed by atoms with Crippen LogP contribution >= 0.6 is 0 Å². The van der Waals surface area contributed by atoms with Gasteiger partial charge >= 0.3 is 0 Å². The number of hydrogen-bond acceptors (Lipinski definition) is 12. The number of hydrogen-bond donors (Lipinski definition) is 0. The predicted octanol–water partition coefficient (Wildman–Crippen LogP) is 2.26. The van der Waals surface area contributed by atoms with Gasteiger partial charge in [-0.05, 0) is 30.3 Å². The molecular formula is C23H22N6O7. The molecule has 0 N–H and O–H groups in total. The summed E-state index contributed by atoms with van der Waals surface area (Å²) in [7, 11) is 6.05. The Kier molecular flexibility index (Phi) is 5.88. The number of amides is 2. The summed E-state index contributed by atoms with van der Waals surface area (Å²) in [5.41, 5.74) is 0.996. The Morgan fingerprint density at radius 1 is 0.861 bits per heavy atom. The van der Waals surface area contributed by atoms with E-state index >= 15 is 0 Å². The highest BCUT2D eigenvalue weighted by Gasteiger charge is 2.55. The molecule has 1 aromatic heterocycles. The van der Waals surface area contributed by atoms with Gasteiger partial charge in [0.2, 0.25) is 11.7 Å². The van der Waals surface area contributed by atoms with Gasteiger partial charge in [-0.1, -0.05) is 10.4 Å². The first-order valence-corrected chi connectivity index (χ1v) is 10.8. The van der Waals surface area contributed by atoms with Crippen LogP contribution in [0.5, 0.6) is 23.0 Å². The molecule has 2 aromatic carbocycles. The minimum absolute atomic E-state index is 0.0102. The number of aromatic nitrogens is 2. The standard InChI is InChI=1S/C23H22N6O7/c1-32-14-7-5-12(9-16(14)34-3)21-24-18(36-26-21)11-28-20-19(25-27-28)22(30)29(23(20)31)13-6-8-15(33-2)17(10-13)35-4/h5-10,19-20H,11H2,1-4H3/t19-,20+/m1/s1. The lowest BCUT2D eigenvalue weighted by atomic mass is 10.1. The average molecular weight is 494 g/mol. The number of ether oxygens (including phenoxy) is 4. The van der Waals surface area contributed by atoms with Crippen LogP contribution in [-0.4, -0.2) is 67.5 Å². The largest absolute Gasteiger partial charge is 0.493 e. The highest BCUT2D eigenvalue weighted by molar-refractivity contribution is 6.25. The monoisotopic (exact) mass is 494 g/mol. The van der Waals surface area contributed by atoms with Crippen molar-refractivity contribution in [2.24, 2.45) is 10.3 Å². The van der Waals surface area contributed by atoms with Crippen molar-refractivity contribution < 1.29 is 33.1 Å². The molecule has 0 unspecified atom stereocenters. The molecule has 2 amide bonds. The zero-order valence-corrected chi connectivity index (χ0v) is 19.9. The second-order valence-electron chi connectivity index (χ2n) is 7.82. The van der Waals surface area contributed by atoms with Gasteiger partial charge in [-0.2, -0.15) is 10.1 Å².